The summed E-state index contributed by atoms with van der Waals surface area (Å²) < 4.78 is 6.17. The summed E-state index contributed by atoms with van der Waals surface area (Å²) in [5.74, 6) is 1.47. The van der Waals surface area contributed by atoms with E-state index in [0.717, 1.165) is 23.0 Å². The van der Waals surface area contributed by atoms with Gasteiger partial charge in [-0.2, -0.15) is 0 Å². The highest BCUT2D eigenvalue weighted by atomic mass is 35.5. The van der Waals surface area contributed by atoms with Crippen molar-refractivity contribution < 1.29 is 9.53 Å². The van der Waals surface area contributed by atoms with Crippen molar-refractivity contribution in [1.82, 2.24) is 15.3 Å². The SMILES string of the molecule is CC(C)CCNC(=O)c1cc2[nH]c(Nc3c(Cl)cccc3Cl)nc2c2c1OC(C)(C)C2. The third-order valence-corrected chi connectivity index (χ3v) is 5.89. The summed E-state index contributed by atoms with van der Waals surface area (Å²) in [4.78, 5) is 20.9. The number of H-pyrrole nitrogens is 1. The zero-order valence-electron chi connectivity index (χ0n) is 18.0. The van der Waals surface area contributed by atoms with Gasteiger partial charge in [0.2, 0.25) is 5.95 Å². The minimum atomic E-state index is -0.415. The Morgan fingerprint density at radius 2 is 2.00 bits per heavy atom. The molecule has 3 N–H and O–H groups in total. The third-order valence-electron chi connectivity index (χ3n) is 5.26. The number of fused-ring (bicyclic) bond motifs is 3. The third kappa shape index (κ3) is 4.46. The Kier molecular flexibility index (Phi) is 5.79. The molecule has 164 valence electrons. The van der Waals surface area contributed by atoms with Crippen molar-refractivity contribution in [1.29, 1.82) is 0 Å². The van der Waals surface area contributed by atoms with Crippen molar-refractivity contribution in [2.45, 2.75) is 46.1 Å². The number of carbonyl (C=O) groups is 1. The topological polar surface area (TPSA) is 79.0 Å². The zero-order chi connectivity index (χ0) is 22.3. The number of nitrogens with one attached hydrogen (secondary N) is 3. The maximum absolute atomic E-state index is 13.0. The lowest BCUT2D eigenvalue weighted by atomic mass is 9.98. The van der Waals surface area contributed by atoms with Gasteiger partial charge in [0.05, 0.1) is 32.3 Å². The highest BCUT2D eigenvalue weighted by Crippen LogP contribution is 2.42. The van der Waals surface area contributed by atoms with Crippen molar-refractivity contribution in [2.75, 3.05) is 11.9 Å². The summed E-state index contributed by atoms with van der Waals surface area (Å²) in [6.07, 6.45) is 1.57. The van der Waals surface area contributed by atoms with Crippen LogP contribution < -0.4 is 15.4 Å². The summed E-state index contributed by atoms with van der Waals surface area (Å²) in [5, 5.41) is 7.16. The number of aromatic amines is 1. The van der Waals surface area contributed by atoms with Crippen LogP contribution in [0.2, 0.25) is 10.0 Å². The van der Waals surface area contributed by atoms with Crippen LogP contribution in [0.3, 0.4) is 0 Å². The Morgan fingerprint density at radius 3 is 2.68 bits per heavy atom. The molecule has 0 aliphatic carbocycles. The molecule has 0 saturated heterocycles. The van der Waals surface area contributed by atoms with Crippen LogP contribution in [0.15, 0.2) is 24.3 Å². The molecule has 0 radical (unpaired) electrons. The van der Waals surface area contributed by atoms with Crippen molar-refractivity contribution in [3.8, 4) is 5.75 Å². The molecule has 6 nitrogen and oxygen atoms in total. The average molecular weight is 461 g/mol. The van der Waals surface area contributed by atoms with Crippen LogP contribution in [0.5, 0.6) is 5.75 Å². The van der Waals surface area contributed by atoms with E-state index in [-0.39, 0.29) is 5.91 Å². The fourth-order valence-corrected chi connectivity index (χ4v) is 4.24. The van der Waals surface area contributed by atoms with Crippen molar-refractivity contribution in [3.63, 3.8) is 0 Å². The van der Waals surface area contributed by atoms with E-state index in [0.29, 0.717) is 51.9 Å². The average Bonchev–Trinajstić information content (AvgIpc) is 3.22. The molecule has 8 heteroatoms. The molecule has 1 amide bonds. The molecular weight excluding hydrogens is 435 g/mol. The smallest absolute Gasteiger partial charge is 0.255 e. The predicted molar refractivity (Wildman–Crippen MR) is 126 cm³/mol. The van der Waals surface area contributed by atoms with E-state index in [4.69, 9.17) is 32.9 Å². The highest BCUT2D eigenvalue weighted by Gasteiger charge is 2.36. The van der Waals surface area contributed by atoms with Gasteiger partial charge in [-0.05, 0) is 44.4 Å². The molecule has 4 rings (SSSR count). The molecule has 0 bridgehead atoms. The molecule has 3 aromatic rings. The van der Waals surface area contributed by atoms with Gasteiger partial charge in [-0.3, -0.25) is 4.79 Å². The van der Waals surface area contributed by atoms with Gasteiger partial charge in [0.25, 0.3) is 5.91 Å². The predicted octanol–water partition coefficient (Wildman–Crippen LogP) is 6.10. The van der Waals surface area contributed by atoms with Crippen molar-refractivity contribution in [3.05, 3.63) is 45.4 Å². The molecule has 0 unspecified atom stereocenters. The molecule has 0 fully saturated rings. The fraction of sp³-hybridized carbons (Fsp3) is 0.391. The summed E-state index contributed by atoms with van der Waals surface area (Å²) >= 11 is 12.6. The number of aromatic nitrogens is 2. The number of imidazole rings is 1. The first kappa shape index (κ1) is 21.8. The molecule has 31 heavy (non-hydrogen) atoms. The summed E-state index contributed by atoms with van der Waals surface area (Å²) in [6.45, 7) is 8.90. The number of ether oxygens (including phenoxy) is 1. The van der Waals surface area contributed by atoms with Crippen LogP contribution >= 0.6 is 23.2 Å². The molecule has 0 atom stereocenters. The number of hydrogen-bond acceptors (Lipinski definition) is 4. The fourth-order valence-electron chi connectivity index (χ4n) is 3.75. The molecule has 0 spiro atoms. The van der Waals surface area contributed by atoms with E-state index < -0.39 is 5.60 Å². The van der Waals surface area contributed by atoms with Crippen LogP contribution in [0, 0.1) is 5.92 Å². The summed E-state index contributed by atoms with van der Waals surface area (Å²) in [7, 11) is 0. The second kappa shape index (κ2) is 8.24. The number of hydrogen-bond donors (Lipinski definition) is 3. The standard InChI is InChI=1S/C23H26Cl2N4O2/c1-12(2)8-9-26-21(30)13-10-17-18(14-11-23(3,4)31-20(13)14)28-22(27-17)29-19-15(24)6-5-7-16(19)25/h5-7,10,12H,8-9,11H2,1-4H3,(H,26,30)(H2,27,28,29). The first-order chi connectivity index (χ1) is 14.6. The number of benzene rings is 2. The van der Waals surface area contributed by atoms with Gasteiger partial charge in [0, 0.05) is 18.5 Å². The number of rotatable bonds is 6. The Hall–Kier alpha value is -2.44. The highest BCUT2D eigenvalue weighted by molar-refractivity contribution is 6.39. The van der Waals surface area contributed by atoms with Crippen molar-refractivity contribution in [2.24, 2.45) is 5.92 Å². The molecule has 2 heterocycles. The number of carbonyl (C=O) groups excluding carboxylic acids is 1. The second-order valence-electron chi connectivity index (χ2n) is 8.91. The van der Waals surface area contributed by atoms with E-state index in [9.17, 15) is 4.79 Å². The van der Waals surface area contributed by atoms with Gasteiger partial charge in [0.1, 0.15) is 11.4 Å². The molecule has 1 aromatic heterocycles. The molecular formula is C23H26Cl2N4O2. The summed E-state index contributed by atoms with van der Waals surface area (Å²) in [5.41, 5.74) is 3.12. The largest absolute Gasteiger partial charge is 0.486 e. The van der Waals surface area contributed by atoms with Crippen LogP contribution in [-0.2, 0) is 6.42 Å². The van der Waals surface area contributed by atoms with Gasteiger partial charge in [-0.15, -0.1) is 0 Å². The number of amides is 1. The number of halogens is 2. The molecule has 0 saturated carbocycles. The van der Waals surface area contributed by atoms with Gasteiger partial charge in [-0.1, -0.05) is 43.1 Å². The Balaban J connectivity index is 1.73. The normalized spacial score (nSPS) is 14.5. The Morgan fingerprint density at radius 1 is 1.29 bits per heavy atom. The van der Waals surface area contributed by atoms with Gasteiger partial charge in [0.15, 0.2) is 0 Å². The Labute approximate surface area is 191 Å². The maximum Gasteiger partial charge on any atom is 0.255 e. The number of anilines is 2. The molecule has 1 aliphatic rings. The zero-order valence-corrected chi connectivity index (χ0v) is 19.5. The van der Waals surface area contributed by atoms with Crippen LogP contribution in [0.4, 0.5) is 11.6 Å². The lowest BCUT2D eigenvalue weighted by Crippen LogP contribution is -2.27. The minimum absolute atomic E-state index is 0.144. The van der Waals surface area contributed by atoms with Gasteiger partial charge in [-0.25, -0.2) is 4.98 Å². The maximum atomic E-state index is 13.0. The number of nitrogens with zero attached hydrogens (tertiary/aromatic N) is 1. The van der Waals surface area contributed by atoms with E-state index in [1.807, 2.05) is 13.8 Å². The second-order valence-corrected chi connectivity index (χ2v) is 9.73. The van der Waals surface area contributed by atoms with Crippen LogP contribution in [-0.4, -0.2) is 28.0 Å². The molecule has 1 aliphatic heterocycles. The lowest BCUT2D eigenvalue weighted by molar-refractivity contribution is 0.0938. The monoisotopic (exact) mass is 460 g/mol. The van der Waals surface area contributed by atoms with Crippen LogP contribution in [0.1, 0.15) is 50.0 Å². The first-order valence-electron chi connectivity index (χ1n) is 10.4. The van der Waals surface area contributed by atoms with Crippen LogP contribution in [0.25, 0.3) is 11.0 Å². The molecule has 2 aromatic carbocycles. The van der Waals surface area contributed by atoms with Gasteiger partial charge < -0.3 is 20.4 Å². The Bertz CT molecular complexity index is 1130. The minimum Gasteiger partial charge on any atom is -0.486 e. The van der Waals surface area contributed by atoms with E-state index in [1.54, 1.807) is 24.3 Å². The van der Waals surface area contributed by atoms with E-state index >= 15 is 0 Å². The first-order valence-corrected chi connectivity index (χ1v) is 11.1. The summed E-state index contributed by atoms with van der Waals surface area (Å²) in [6, 6.07) is 7.09. The van der Waals surface area contributed by atoms with E-state index in [2.05, 4.69) is 29.5 Å². The number of para-hydroxylation sites is 1. The lowest BCUT2D eigenvalue weighted by Gasteiger charge is -2.18. The van der Waals surface area contributed by atoms with E-state index in [1.165, 1.54) is 0 Å². The quantitative estimate of drug-likeness (QED) is 0.414. The van der Waals surface area contributed by atoms with Gasteiger partial charge >= 0.3 is 0 Å². The van der Waals surface area contributed by atoms with Crippen molar-refractivity contribution >= 4 is 51.8 Å².